The lowest BCUT2D eigenvalue weighted by Crippen LogP contribution is -2.59. The van der Waals surface area contributed by atoms with Crippen molar-refractivity contribution in [3.8, 4) is 6.07 Å². The number of nitriles is 1. The van der Waals surface area contributed by atoms with E-state index in [2.05, 4.69) is 10.0 Å². The SMILES string of the molecule is CC(CSc1ccc(F)cc1)(NS(=O)(=O)C(C)(C)C)C(=O)Nc1ccc(C#N)c(C(F)(F)F)c1. The molecule has 0 fully saturated rings. The van der Waals surface area contributed by atoms with Crippen LogP contribution in [-0.2, 0) is 21.0 Å². The summed E-state index contributed by atoms with van der Waals surface area (Å²) in [6.45, 7) is 5.58. The summed E-state index contributed by atoms with van der Waals surface area (Å²) in [6.07, 6.45) is -4.83. The minimum absolute atomic E-state index is 0.151. The number of halogens is 4. The van der Waals surface area contributed by atoms with Crippen LogP contribution in [-0.4, -0.2) is 30.4 Å². The molecule has 2 N–H and O–H groups in total. The van der Waals surface area contributed by atoms with Gasteiger partial charge in [-0.3, -0.25) is 4.79 Å². The first-order chi connectivity index (χ1) is 15.5. The largest absolute Gasteiger partial charge is 0.417 e. The first-order valence-electron chi connectivity index (χ1n) is 9.83. The fourth-order valence-electron chi connectivity index (χ4n) is 2.57. The number of carbonyl (C=O) groups excluding carboxylic acids is 1. The van der Waals surface area contributed by atoms with Crippen LogP contribution in [0.4, 0.5) is 23.2 Å². The molecule has 0 saturated heterocycles. The van der Waals surface area contributed by atoms with E-state index in [1.165, 1.54) is 58.0 Å². The van der Waals surface area contributed by atoms with Crippen LogP contribution in [0.25, 0.3) is 0 Å². The lowest BCUT2D eigenvalue weighted by molar-refractivity contribution is -0.137. The van der Waals surface area contributed by atoms with Gasteiger partial charge in [-0.25, -0.2) is 12.8 Å². The number of hydrogen-bond donors (Lipinski definition) is 2. The van der Waals surface area contributed by atoms with Crippen LogP contribution in [0.2, 0.25) is 0 Å². The first-order valence-corrected chi connectivity index (χ1v) is 12.3. The van der Waals surface area contributed by atoms with Gasteiger partial charge in [0.05, 0.1) is 21.9 Å². The number of anilines is 1. The Hall–Kier alpha value is -2.62. The molecule has 2 rings (SSSR count). The zero-order chi connectivity index (χ0) is 25.9. The Kier molecular flexibility index (Phi) is 8.07. The van der Waals surface area contributed by atoms with Gasteiger partial charge < -0.3 is 5.32 Å². The van der Waals surface area contributed by atoms with Crippen LogP contribution < -0.4 is 10.0 Å². The zero-order valence-corrected chi connectivity index (χ0v) is 20.4. The van der Waals surface area contributed by atoms with E-state index < -0.39 is 49.3 Å². The number of thioether (sulfide) groups is 1. The van der Waals surface area contributed by atoms with Crippen molar-refractivity contribution in [3.05, 3.63) is 59.4 Å². The van der Waals surface area contributed by atoms with E-state index in [-0.39, 0.29) is 11.4 Å². The van der Waals surface area contributed by atoms with Gasteiger partial charge in [-0.1, -0.05) is 0 Å². The number of rotatable bonds is 7. The summed E-state index contributed by atoms with van der Waals surface area (Å²) >= 11 is 1.06. The molecule has 0 aliphatic heterocycles. The average Bonchev–Trinajstić information content (AvgIpc) is 2.71. The van der Waals surface area contributed by atoms with Crippen molar-refractivity contribution in [2.24, 2.45) is 0 Å². The lowest BCUT2D eigenvalue weighted by Gasteiger charge is -2.32. The summed E-state index contributed by atoms with van der Waals surface area (Å²) in [7, 11) is -4.05. The predicted molar refractivity (Wildman–Crippen MR) is 122 cm³/mol. The summed E-state index contributed by atoms with van der Waals surface area (Å²) in [5.74, 6) is -1.53. The van der Waals surface area contributed by atoms with Gasteiger partial charge >= 0.3 is 6.18 Å². The lowest BCUT2D eigenvalue weighted by atomic mass is 10.0. The maximum Gasteiger partial charge on any atom is 0.417 e. The van der Waals surface area contributed by atoms with Gasteiger partial charge in [0.2, 0.25) is 15.9 Å². The molecule has 0 spiro atoms. The second-order valence-corrected chi connectivity index (χ2v) is 12.1. The van der Waals surface area contributed by atoms with Crippen LogP contribution in [0.15, 0.2) is 47.4 Å². The van der Waals surface area contributed by atoms with Gasteiger partial charge in [0.1, 0.15) is 11.4 Å². The van der Waals surface area contributed by atoms with Gasteiger partial charge in [-0.05, 0) is 70.2 Å². The average molecular weight is 518 g/mol. The van der Waals surface area contributed by atoms with Crippen molar-refractivity contribution >= 4 is 33.4 Å². The molecule has 0 aliphatic rings. The topological polar surface area (TPSA) is 99.1 Å². The van der Waals surface area contributed by atoms with Crippen molar-refractivity contribution in [1.29, 1.82) is 5.26 Å². The quantitative estimate of drug-likeness (QED) is 0.401. The number of amides is 1. The summed E-state index contributed by atoms with van der Waals surface area (Å²) in [6, 6.07) is 9.41. The van der Waals surface area contributed by atoms with E-state index >= 15 is 0 Å². The fourth-order valence-corrected chi connectivity index (χ4v) is 4.72. The first kappa shape index (κ1) is 27.6. The molecule has 1 amide bonds. The molecule has 0 heterocycles. The number of nitrogens with one attached hydrogen (secondary N) is 2. The van der Waals surface area contributed by atoms with Gasteiger partial charge in [0.15, 0.2) is 0 Å². The molecule has 2 aromatic rings. The molecule has 34 heavy (non-hydrogen) atoms. The monoisotopic (exact) mass is 517 g/mol. The van der Waals surface area contributed by atoms with Gasteiger partial charge in [0, 0.05) is 16.3 Å². The molecule has 6 nitrogen and oxygen atoms in total. The maximum absolute atomic E-state index is 13.3. The maximum atomic E-state index is 13.3. The molecule has 0 saturated carbocycles. The Bertz CT molecular complexity index is 1200. The highest BCUT2D eigenvalue weighted by Crippen LogP contribution is 2.34. The Morgan fingerprint density at radius 2 is 1.65 bits per heavy atom. The Balaban J connectivity index is 2.40. The predicted octanol–water partition coefficient (Wildman–Crippen LogP) is 4.92. The molecule has 0 aromatic heterocycles. The highest BCUT2D eigenvalue weighted by Gasteiger charge is 2.42. The number of nitrogens with zero attached hydrogens (tertiary/aromatic N) is 1. The Morgan fingerprint density at radius 1 is 1.06 bits per heavy atom. The minimum Gasteiger partial charge on any atom is -0.324 e. The molecule has 184 valence electrons. The summed E-state index contributed by atoms with van der Waals surface area (Å²) < 4.78 is 79.8. The van der Waals surface area contributed by atoms with Gasteiger partial charge in [-0.2, -0.15) is 23.2 Å². The molecule has 1 unspecified atom stereocenters. The summed E-state index contributed by atoms with van der Waals surface area (Å²) in [5.41, 5.74) is -3.90. The summed E-state index contributed by atoms with van der Waals surface area (Å²) in [5, 5.41) is 11.3. The second kappa shape index (κ2) is 9.93. The fraction of sp³-hybridized carbons (Fsp3) is 0.364. The normalized spacial score (nSPS) is 14.2. The number of sulfonamides is 1. The van der Waals surface area contributed by atoms with Crippen molar-refractivity contribution < 1.29 is 30.8 Å². The van der Waals surface area contributed by atoms with E-state index in [0.717, 1.165) is 23.9 Å². The molecule has 2 aromatic carbocycles. The second-order valence-electron chi connectivity index (χ2n) is 8.62. The van der Waals surface area contributed by atoms with Crippen LogP contribution in [0.5, 0.6) is 0 Å². The molecular formula is C22H23F4N3O3S2. The molecule has 1 atom stereocenters. The molecule has 0 aliphatic carbocycles. The van der Waals surface area contributed by atoms with E-state index in [4.69, 9.17) is 5.26 Å². The van der Waals surface area contributed by atoms with E-state index in [0.29, 0.717) is 11.0 Å². The number of carbonyl (C=O) groups is 1. The van der Waals surface area contributed by atoms with E-state index in [9.17, 15) is 30.8 Å². The standard InChI is InChI=1S/C22H23F4N3O3S2/c1-20(2,3)34(31,32)29-21(4,13-33-17-9-6-15(23)7-10-17)19(30)28-16-8-5-14(12-27)18(11-16)22(24,25)26/h5-11,29H,13H2,1-4H3,(H,28,30). The molecule has 0 bridgehead atoms. The number of hydrogen-bond acceptors (Lipinski definition) is 5. The van der Waals surface area contributed by atoms with Gasteiger partial charge in [0.25, 0.3) is 0 Å². The van der Waals surface area contributed by atoms with Crippen molar-refractivity contribution in [3.63, 3.8) is 0 Å². The zero-order valence-electron chi connectivity index (χ0n) is 18.7. The number of benzene rings is 2. The van der Waals surface area contributed by atoms with E-state index in [1.54, 1.807) is 0 Å². The Labute approximate surface area is 199 Å². The highest BCUT2D eigenvalue weighted by molar-refractivity contribution is 7.99. The summed E-state index contributed by atoms with van der Waals surface area (Å²) in [4.78, 5) is 13.7. The third-order valence-electron chi connectivity index (χ3n) is 4.71. The molecular weight excluding hydrogens is 494 g/mol. The minimum atomic E-state index is -4.83. The van der Waals surface area contributed by atoms with E-state index in [1.807, 2.05) is 0 Å². The van der Waals surface area contributed by atoms with Crippen molar-refractivity contribution in [2.75, 3.05) is 11.1 Å². The number of alkyl halides is 3. The van der Waals surface area contributed by atoms with Crippen LogP contribution in [0.3, 0.4) is 0 Å². The third kappa shape index (κ3) is 6.71. The molecule has 0 radical (unpaired) electrons. The highest BCUT2D eigenvalue weighted by atomic mass is 32.2. The molecule has 12 heteroatoms. The third-order valence-corrected chi connectivity index (χ3v) is 8.37. The van der Waals surface area contributed by atoms with Crippen molar-refractivity contribution in [1.82, 2.24) is 4.72 Å². The van der Waals surface area contributed by atoms with Crippen LogP contribution in [0.1, 0.15) is 38.8 Å². The van der Waals surface area contributed by atoms with Gasteiger partial charge in [-0.15, -0.1) is 11.8 Å². The van der Waals surface area contributed by atoms with Crippen LogP contribution in [0, 0.1) is 17.1 Å². The Morgan fingerprint density at radius 3 is 2.15 bits per heavy atom. The smallest absolute Gasteiger partial charge is 0.324 e. The van der Waals surface area contributed by atoms with Crippen molar-refractivity contribution in [2.45, 2.75) is 49.1 Å². The van der Waals surface area contributed by atoms with Crippen LogP contribution >= 0.6 is 11.8 Å².